The molecule has 18 heavy (non-hydrogen) atoms. The Morgan fingerprint density at radius 2 is 1.94 bits per heavy atom. The molecule has 0 spiro atoms. The van der Waals surface area contributed by atoms with Gasteiger partial charge in [-0.05, 0) is 24.8 Å². The first-order chi connectivity index (χ1) is 8.86. The van der Waals surface area contributed by atoms with Gasteiger partial charge in [0.25, 0.3) is 6.47 Å². The van der Waals surface area contributed by atoms with Crippen molar-refractivity contribution in [1.29, 1.82) is 0 Å². The van der Waals surface area contributed by atoms with Crippen molar-refractivity contribution in [2.24, 2.45) is 0 Å². The summed E-state index contributed by atoms with van der Waals surface area (Å²) < 4.78 is 2.32. The maximum Gasteiger partial charge on any atom is 0.290 e. The molecule has 1 saturated carbocycles. The van der Waals surface area contributed by atoms with E-state index in [4.69, 9.17) is 9.90 Å². The summed E-state index contributed by atoms with van der Waals surface area (Å²) in [6, 6.07) is 11.2. The molecule has 3 rings (SSSR count). The van der Waals surface area contributed by atoms with Gasteiger partial charge in [-0.2, -0.15) is 0 Å². The monoisotopic (exact) mass is 244 g/mol. The van der Waals surface area contributed by atoms with Crippen molar-refractivity contribution < 1.29 is 9.90 Å². The molecule has 0 saturated heterocycles. The summed E-state index contributed by atoms with van der Waals surface area (Å²) in [6.07, 6.45) is 7.89. The minimum Gasteiger partial charge on any atom is -0.483 e. The molecule has 94 valence electrons. The van der Waals surface area contributed by atoms with E-state index in [-0.39, 0.29) is 6.47 Å². The molecular formula is C14H16N2O2. The Morgan fingerprint density at radius 3 is 2.50 bits per heavy atom. The Hall–Kier alpha value is -2.10. The van der Waals surface area contributed by atoms with Crippen LogP contribution in [-0.2, 0) is 4.79 Å². The standard InChI is InChI=1S/C13H14N2.CH2O2/c1-2-5-11(6-3-1)13-9-14-10-15(13)12-7-4-8-12;2-1-3/h1-3,5-6,9-10,12H,4,7-8H2;1H,(H,2,3). The van der Waals surface area contributed by atoms with Crippen molar-refractivity contribution in [3.8, 4) is 11.3 Å². The van der Waals surface area contributed by atoms with Crippen LogP contribution in [-0.4, -0.2) is 21.1 Å². The Balaban J connectivity index is 0.000000367. The van der Waals surface area contributed by atoms with Crippen LogP contribution in [0.4, 0.5) is 0 Å². The number of hydrogen-bond acceptors (Lipinski definition) is 2. The molecule has 1 fully saturated rings. The van der Waals surface area contributed by atoms with Crippen molar-refractivity contribution in [2.75, 3.05) is 0 Å². The number of carboxylic acid groups (broad SMARTS) is 1. The van der Waals surface area contributed by atoms with E-state index in [1.54, 1.807) is 0 Å². The summed E-state index contributed by atoms with van der Waals surface area (Å²) in [7, 11) is 0. The Morgan fingerprint density at radius 1 is 1.28 bits per heavy atom. The fourth-order valence-electron chi connectivity index (χ4n) is 2.09. The largest absolute Gasteiger partial charge is 0.483 e. The zero-order valence-corrected chi connectivity index (χ0v) is 10.1. The highest BCUT2D eigenvalue weighted by atomic mass is 16.3. The maximum absolute atomic E-state index is 8.36. The number of carbonyl (C=O) groups is 1. The molecule has 1 aromatic carbocycles. The smallest absolute Gasteiger partial charge is 0.290 e. The molecule has 1 N–H and O–H groups in total. The predicted octanol–water partition coefficient (Wildman–Crippen LogP) is 2.98. The molecule has 4 nitrogen and oxygen atoms in total. The lowest BCUT2D eigenvalue weighted by Gasteiger charge is -2.28. The van der Waals surface area contributed by atoms with Gasteiger partial charge < -0.3 is 9.67 Å². The van der Waals surface area contributed by atoms with E-state index in [0.717, 1.165) is 0 Å². The van der Waals surface area contributed by atoms with Gasteiger partial charge in [-0.25, -0.2) is 4.98 Å². The SMILES string of the molecule is O=CO.c1ccc(-c2cncn2C2CCC2)cc1. The van der Waals surface area contributed by atoms with Crippen molar-refractivity contribution in [2.45, 2.75) is 25.3 Å². The topological polar surface area (TPSA) is 55.1 Å². The van der Waals surface area contributed by atoms with Crippen molar-refractivity contribution in [1.82, 2.24) is 9.55 Å². The first-order valence-corrected chi connectivity index (χ1v) is 6.02. The van der Waals surface area contributed by atoms with Gasteiger partial charge in [0.2, 0.25) is 0 Å². The fraction of sp³-hybridized carbons (Fsp3) is 0.286. The third kappa shape index (κ3) is 2.59. The highest BCUT2D eigenvalue weighted by Crippen LogP contribution is 2.34. The molecular weight excluding hydrogens is 228 g/mol. The lowest BCUT2D eigenvalue weighted by Crippen LogP contribution is -2.16. The second-order valence-electron chi connectivity index (χ2n) is 4.24. The third-order valence-corrected chi connectivity index (χ3v) is 3.20. The number of benzene rings is 1. The van der Waals surface area contributed by atoms with Gasteiger partial charge in [-0.15, -0.1) is 0 Å². The van der Waals surface area contributed by atoms with Gasteiger partial charge >= 0.3 is 0 Å². The normalized spacial score (nSPS) is 14.2. The molecule has 1 aliphatic rings. The van der Waals surface area contributed by atoms with E-state index in [1.165, 1.54) is 30.5 Å². The zero-order valence-electron chi connectivity index (χ0n) is 10.1. The average molecular weight is 244 g/mol. The molecule has 0 amide bonds. The molecule has 0 bridgehead atoms. The minimum absolute atomic E-state index is 0.250. The second-order valence-corrected chi connectivity index (χ2v) is 4.24. The molecule has 1 aliphatic carbocycles. The first-order valence-electron chi connectivity index (χ1n) is 6.02. The van der Waals surface area contributed by atoms with E-state index in [1.807, 2.05) is 18.6 Å². The van der Waals surface area contributed by atoms with Gasteiger partial charge in [0, 0.05) is 6.04 Å². The van der Waals surface area contributed by atoms with Crippen LogP contribution in [0.5, 0.6) is 0 Å². The van der Waals surface area contributed by atoms with Crippen molar-refractivity contribution in [3.05, 3.63) is 42.9 Å². The van der Waals surface area contributed by atoms with Crippen LogP contribution in [0.1, 0.15) is 25.3 Å². The predicted molar refractivity (Wildman–Crippen MR) is 69.2 cm³/mol. The summed E-state index contributed by atoms with van der Waals surface area (Å²) in [4.78, 5) is 12.6. The molecule has 0 aliphatic heterocycles. The molecule has 0 unspecified atom stereocenters. The lowest BCUT2D eigenvalue weighted by atomic mass is 9.92. The van der Waals surface area contributed by atoms with Crippen LogP contribution in [0.15, 0.2) is 42.9 Å². The van der Waals surface area contributed by atoms with E-state index < -0.39 is 0 Å². The maximum atomic E-state index is 8.36. The van der Waals surface area contributed by atoms with Crippen LogP contribution in [0.2, 0.25) is 0 Å². The summed E-state index contributed by atoms with van der Waals surface area (Å²) in [5.41, 5.74) is 2.52. The minimum atomic E-state index is -0.250. The Labute approximate surface area is 106 Å². The highest BCUT2D eigenvalue weighted by molar-refractivity contribution is 5.58. The van der Waals surface area contributed by atoms with Crippen LogP contribution >= 0.6 is 0 Å². The molecule has 1 aromatic heterocycles. The molecule has 2 aromatic rings. The van der Waals surface area contributed by atoms with Crippen LogP contribution < -0.4 is 0 Å². The average Bonchev–Trinajstić information content (AvgIpc) is 2.78. The van der Waals surface area contributed by atoms with E-state index in [9.17, 15) is 0 Å². The van der Waals surface area contributed by atoms with Crippen LogP contribution in [0.25, 0.3) is 11.3 Å². The van der Waals surface area contributed by atoms with Crippen molar-refractivity contribution in [3.63, 3.8) is 0 Å². The van der Waals surface area contributed by atoms with Gasteiger partial charge in [0.05, 0.1) is 18.2 Å². The lowest BCUT2D eigenvalue weighted by molar-refractivity contribution is -0.122. The number of aromatic nitrogens is 2. The number of imidazole rings is 1. The van der Waals surface area contributed by atoms with Crippen LogP contribution in [0, 0.1) is 0 Å². The number of rotatable bonds is 2. The first kappa shape index (κ1) is 12.4. The number of hydrogen-bond donors (Lipinski definition) is 1. The molecule has 4 heteroatoms. The third-order valence-electron chi connectivity index (χ3n) is 3.20. The van der Waals surface area contributed by atoms with E-state index >= 15 is 0 Å². The molecule has 0 radical (unpaired) electrons. The molecule has 1 heterocycles. The summed E-state index contributed by atoms with van der Waals surface area (Å²) in [5, 5.41) is 6.89. The van der Waals surface area contributed by atoms with Gasteiger partial charge in [-0.3, -0.25) is 4.79 Å². The van der Waals surface area contributed by atoms with Gasteiger partial charge in [0.15, 0.2) is 0 Å². The second kappa shape index (κ2) is 6.00. The summed E-state index contributed by atoms with van der Waals surface area (Å²) in [6.45, 7) is -0.250. The summed E-state index contributed by atoms with van der Waals surface area (Å²) in [5.74, 6) is 0. The number of nitrogens with zero attached hydrogens (tertiary/aromatic N) is 2. The van der Waals surface area contributed by atoms with Crippen molar-refractivity contribution >= 4 is 6.47 Å². The summed E-state index contributed by atoms with van der Waals surface area (Å²) >= 11 is 0. The highest BCUT2D eigenvalue weighted by Gasteiger charge is 2.21. The van der Waals surface area contributed by atoms with E-state index in [0.29, 0.717) is 6.04 Å². The van der Waals surface area contributed by atoms with Crippen LogP contribution in [0.3, 0.4) is 0 Å². The Bertz CT molecular complexity index is 490. The zero-order chi connectivity index (χ0) is 12.8. The van der Waals surface area contributed by atoms with Gasteiger partial charge in [-0.1, -0.05) is 30.3 Å². The quantitative estimate of drug-likeness (QED) is 0.826. The Kier molecular flexibility index (Phi) is 4.12. The van der Waals surface area contributed by atoms with Gasteiger partial charge in [0.1, 0.15) is 0 Å². The van der Waals surface area contributed by atoms with E-state index in [2.05, 4.69) is 33.8 Å². The fourth-order valence-corrected chi connectivity index (χ4v) is 2.09. The molecule has 0 atom stereocenters.